The number of carboxylic acid groups (broad SMARTS) is 2. The Morgan fingerprint density at radius 3 is 2.15 bits per heavy atom. The van der Waals surface area contributed by atoms with Gasteiger partial charge in [-0.1, -0.05) is 60.4 Å². The Balaban J connectivity index is 2.00. The molecule has 1 unspecified atom stereocenters. The van der Waals surface area contributed by atoms with Gasteiger partial charge in [0, 0.05) is 18.5 Å². The minimum absolute atomic E-state index is 0.0537. The van der Waals surface area contributed by atoms with Crippen molar-refractivity contribution in [1.29, 1.82) is 0 Å². The number of carboxylic acids is 1. The summed E-state index contributed by atoms with van der Waals surface area (Å²) in [7, 11) is 0. The fourth-order valence-corrected chi connectivity index (χ4v) is 2.59. The molecule has 0 saturated carbocycles. The van der Waals surface area contributed by atoms with Gasteiger partial charge in [0.05, 0.1) is 0 Å². The maximum absolute atomic E-state index is 11.5. The minimum atomic E-state index is -1.24. The second-order valence-electron chi connectivity index (χ2n) is 5.79. The highest BCUT2D eigenvalue weighted by molar-refractivity contribution is 5.79. The quantitative estimate of drug-likeness (QED) is 0.749. The second kappa shape index (κ2) is 9.90. The fraction of sp³-hybridized carbons (Fsp3) is 0.238. The highest BCUT2D eigenvalue weighted by atomic mass is 16.4. The molecule has 1 amide bonds. The van der Waals surface area contributed by atoms with Crippen LogP contribution in [0.3, 0.4) is 0 Å². The van der Waals surface area contributed by atoms with Gasteiger partial charge in [-0.2, -0.15) is 0 Å². The Kier molecular flexibility index (Phi) is 7.26. The van der Waals surface area contributed by atoms with Gasteiger partial charge in [0.25, 0.3) is 0 Å². The maximum atomic E-state index is 11.5. The Morgan fingerprint density at radius 2 is 1.58 bits per heavy atom. The minimum Gasteiger partial charge on any atom is -0.480 e. The third kappa shape index (κ3) is 5.99. The number of aliphatic carboxylic acids is 1. The molecule has 0 aliphatic carbocycles. The lowest BCUT2D eigenvalue weighted by atomic mass is 10.1. The monoisotopic (exact) mass is 351 g/mol. The predicted octanol–water partition coefficient (Wildman–Crippen LogP) is 3.49. The Labute approximate surface area is 152 Å². The van der Waals surface area contributed by atoms with Gasteiger partial charge in [-0.05, 0) is 30.5 Å². The van der Waals surface area contributed by atoms with Crippen LogP contribution in [0.4, 0.5) is 4.79 Å². The van der Waals surface area contributed by atoms with Crippen molar-refractivity contribution in [2.45, 2.75) is 25.3 Å². The van der Waals surface area contributed by atoms with Crippen LogP contribution in [0.2, 0.25) is 0 Å². The van der Waals surface area contributed by atoms with Crippen LogP contribution in [0.5, 0.6) is 0 Å². The first kappa shape index (κ1) is 19.1. The van der Waals surface area contributed by atoms with E-state index in [1.807, 2.05) is 60.7 Å². The third-order valence-electron chi connectivity index (χ3n) is 3.92. The van der Waals surface area contributed by atoms with E-state index in [2.05, 4.69) is 11.8 Å². The van der Waals surface area contributed by atoms with Gasteiger partial charge in [0.1, 0.15) is 6.04 Å². The summed E-state index contributed by atoms with van der Waals surface area (Å²) in [5, 5.41) is 18.9. The van der Waals surface area contributed by atoms with E-state index in [1.54, 1.807) is 0 Å². The zero-order chi connectivity index (χ0) is 18.8. The number of nitrogens with zero attached hydrogens (tertiary/aromatic N) is 1. The fourth-order valence-electron chi connectivity index (χ4n) is 2.59. The van der Waals surface area contributed by atoms with Crippen molar-refractivity contribution < 1.29 is 19.8 Å². The molecule has 2 aromatic carbocycles. The predicted molar refractivity (Wildman–Crippen MR) is 98.9 cm³/mol. The van der Waals surface area contributed by atoms with Crippen molar-refractivity contribution in [3.05, 3.63) is 71.8 Å². The number of amides is 1. The lowest BCUT2D eigenvalue weighted by Crippen LogP contribution is -2.44. The van der Waals surface area contributed by atoms with Crippen LogP contribution in [-0.2, 0) is 11.2 Å². The van der Waals surface area contributed by atoms with Gasteiger partial charge in [0.15, 0.2) is 0 Å². The zero-order valence-electron chi connectivity index (χ0n) is 14.3. The highest BCUT2D eigenvalue weighted by Crippen LogP contribution is 2.10. The molecule has 0 fully saturated rings. The number of hydrogen-bond acceptors (Lipinski definition) is 2. The normalized spacial score (nSPS) is 11.1. The average molecular weight is 351 g/mol. The molecule has 134 valence electrons. The summed E-state index contributed by atoms with van der Waals surface area (Å²) in [6, 6.07) is 17.7. The van der Waals surface area contributed by atoms with Gasteiger partial charge in [-0.15, -0.1) is 0 Å². The Hall–Kier alpha value is -3.26. The molecule has 2 N–H and O–H groups in total. The molecule has 0 aliphatic rings. The molecule has 0 saturated heterocycles. The van der Waals surface area contributed by atoms with E-state index < -0.39 is 18.1 Å². The third-order valence-corrected chi connectivity index (χ3v) is 3.92. The van der Waals surface area contributed by atoms with Crippen molar-refractivity contribution in [3.63, 3.8) is 0 Å². The van der Waals surface area contributed by atoms with Crippen molar-refractivity contribution in [1.82, 2.24) is 4.90 Å². The topological polar surface area (TPSA) is 77.8 Å². The summed E-state index contributed by atoms with van der Waals surface area (Å²) in [6.45, 7) is 0.147. The summed E-state index contributed by atoms with van der Waals surface area (Å²) >= 11 is 0. The molecule has 0 aliphatic heterocycles. The number of benzene rings is 2. The number of carbonyl (C=O) groups is 2. The molecule has 2 aromatic rings. The first-order valence-electron chi connectivity index (χ1n) is 8.38. The Bertz CT molecular complexity index is 778. The molecule has 1 atom stereocenters. The standard InChI is InChI=1S/C21H21NO4/c23-20(24)19(15-7-13-17-9-3-1-4-10-17)22(21(25)26)16-8-14-18-11-5-2-6-12-18/h1-6,9-12,19H,8,14-16H2,(H,23,24)(H,25,26). The number of rotatable bonds is 7. The maximum Gasteiger partial charge on any atom is 0.408 e. The van der Waals surface area contributed by atoms with Gasteiger partial charge in [-0.3, -0.25) is 4.90 Å². The molecule has 0 radical (unpaired) electrons. The van der Waals surface area contributed by atoms with Crippen LogP contribution in [-0.4, -0.2) is 39.8 Å². The van der Waals surface area contributed by atoms with E-state index in [4.69, 9.17) is 0 Å². The van der Waals surface area contributed by atoms with Crippen LogP contribution < -0.4 is 0 Å². The van der Waals surface area contributed by atoms with Gasteiger partial charge < -0.3 is 10.2 Å². The lowest BCUT2D eigenvalue weighted by molar-refractivity contribution is -0.142. The van der Waals surface area contributed by atoms with E-state index in [0.29, 0.717) is 12.8 Å². The number of hydrogen-bond donors (Lipinski definition) is 2. The molecule has 0 spiro atoms. The highest BCUT2D eigenvalue weighted by Gasteiger charge is 2.28. The molecule has 26 heavy (non-hydrogen) atoms. The molecular formula is C21H21NO4. The van der Waals surface area contributed by atoms with Gasteiger partial charge in [-0.25, -0.2) is 9.59 Å². The first-order chi connectivity index (χ1) is 12.6. The van der Waals surface area contributed by atoms with Crippen molar-refractivity contribution in [3.8, 4) is 11.8 Å². The zero-order valence-corrected chi connectivity index (χ0v) is 14.3. The van der Waals surface area contributed by atoms with Crippen LogP contribution in [0.15, 0.2) is 60.7 Å². The summed E-state index contributed by atoms with van der Waals surface area (Å²) in [5.41, 5.74) is 1.86. The van der Waals surface area contributed by atoms with Gasteiger partial charge >= 0.3 is 12.1 Å². The molecule has 0 heterocycles. The molecule has 0 bridgehead atoms. The molecular weight excluding hydrogens is 330 g/mol. The van der Waals surface area contributed by atoms with E-state index in [9.17, 15) is 19.8 Å². The van der Waals surface area contributed by atoms with Crippen molar-refractivity contribution >= 4 is 12.1 Å². The molecule has 0 aromatic heterocycles. The van der Waals surface area contributed by atoms with Crippen molar-refractivity contribution in [2.75, 3.05) is 6.54 Å². The van der Waals surface area contributed by atoms with Crippen LogP contribution >= 0.6 is 0 Å². The van der Waals surface area contributed by atoms with Gasteiger partial charge in [0.2, 0.25) is 0 Å². The van der Waals surface area contributed by atoms with E-state index in [1.165, 1.54) is 0 Å². The second-order valence-corrected chi connectivity index (χ2v) is 5.79. The summed E-state index contributed by atoms with van der Waals surface area (Å²) < 4.78 is 0. The van der Waals surface area contributed by atoms with E-state index in [0.717, 1.165) is 16.0 Å². The number of aryl methyl sites for hydroxylation is 1. The summed E-state index contributed by atoms with van der Waals surface area (Å²) in [5.74, 6) is 4.48. The average Bonchev–Trinajstić information content (AvgIpc) is 2.64. The van der Waals surface area contributed by atoms with Crippen molar-refractivity contribution in [2.24, 2.45) is 0 Å². The van der Waals surface area contributed by atoms with Crippen LogP contribution in [0.25, 0.3) is 0 Å². The van der Waals surface area contributed by atoms with Crippen LogP contribution in [0.1, 0.15) is 24.0 Å². The molecule has 2 rings (SSSR count). The first-order valence-corrected chi connectivity index (χ1v) is 8.38. The molecule has 5 nitrogen and oxygen atoms in total. The Morgan fingerprint density at radius 1 is 0.962 bits per heavy atom. The summed E-state index contributed by atoms with van der Waals surface area (Å²) in [4.78, 5) is 24.0. The molecule has 5 heteroatoms. The van der Waals surface area contributed by atoms with E-state index >= 15 is 0 Å². The SMILES string of the molecule is O=C(O)C(CC#Cc1ccccc1)N(CCCc1ccccc1)C(=O)O. The smallest absolute Gasteiger partial charge is 0.408 e. The largest absolute Gasteiger partial charge is 0.480 e. The van der Waals surface area contributed by atoms with E-state index in [-0.39, 0.29) is 13.0 Å². The van der Waals surface area contributed by atoms with Crippen LogP contribution in [0, 0.1) is 11.8 Å². The lowest BCUT2D eigenvalue weighted by Gasteiger charge is -2.24. The summed E-state index contributed by atoms with van der Waals surface area (Å²) in [6.07, 6.45) is -0.0623.